The lowest BCUT2D eigenvalue weighted by atomic mass is 10.1. The molecule has 0 fully saturated rings. The van der Waals surface area contributed by atoms with Crippen molar-refractivity contribution in [2.45, 2.75) is 32.2 Å². The van der Waals surface area contributed by atoms with Crippen LogP contribution in [0.25, 0.3) is 0 Å². The maximum atomic E-state index is 11.2. The number of aryl methyl sites for hydroxylation is 1. The van der Waals surface area contributed by atoms with Gasteiger partial charge in [0.1, 0.15) is 15.6 Å². The number of nitrogens with one attached hydrogen (secondary N) is 2. The van der Waals surface area contributed by atoms with Crippen LogP contribution in [-0.4, -0.2) is 51.1 Å². The number of hydrogen-bond acceptors (Lipinski definition) is 4. The Bertz CT molecular complexity index is 598. The molecule has 23 heavy (non-hydrogen) atoms. The standard InChI is InChI=1S/C16H27N3O3S/c1-13(10-12-23(3,21)22)19-16(17-2)18-11-4-5-14-6-8-15(20)9-7-14/h6-9,13,20H,4-5,10-12H2,1-3H3,(H2,17,18,19). The molecule has 1 aromatic carbocycles. The smallest absolute Gasteiger partial charge is 0.191 e. The predicted molar refractivity (Wildman–Crippen MR) is 94.7 cm³/mol. The molecule has 0 heterocycles. The summed E-state index contributed by atoms with van der Waals surface area (Å²) >= 11 is 0. The van der Waals surface area contributed by atoms with Crippen LogP contribution in [0.2, 0.25) is 0 Å². The molecule has 130 valence electrons. The SMILES string of the molecule is CN=C(NCCCc1ccc(O)cc1)NC(C)CCS(C)(=O)=O. The van der Waals surface area contributed by atoms with Gasteiger partial charge < -0.3 is 15.7 Å². The van der Waals surface area contributed by atoms with Gasteiger partial charge in [0.05, 0.1) is 5.75 Å². The summed E-state index contributed by atoms with van der Waals surface area (Å²) in [4.78, 5) is 4.14. The number of aromatic hydroxyl groups is 1. The van der Waals surface area contributed by atoms with Crippen LogP contribution >= 0.6 is 0 Å². The van der Waals surface area contributed by atoms with E-state index in [1.807, 2.05) is 19.1 Å². The molecule has 0 aliphatic carbocycles. The zero-order valence-electron chi connectivity index (χ0n) is 14.0. The predicted octanol–water partition coefficient (Wildman–Crippen LogP) is 1.31. The Kier molecular flexibility index (Phi) is 7.88. The number of rotatable bonds is 8. The average molecular weight is 341 g/mol. The van der Waals surface area contributed by atoms with Crippen molar-refractivity contribution in [1.29, 1.82) is 0 Å². The molecule has 7 heteroatoms. The van der Waals surface area contributed by atoms with Gasteiger partial charge in [0.15, 0.2) is 5.96 Å². The van der Waals surface area contributed by atoms with Gasteiger partial charge in [0, 0.05) is 25.9 Å². The summed E-state index contributed by atoms with van der Waals surface area (Å²) in [6.07, 6.45) is 3.64. The molecule has 1 aromatic rings. The van der Waals surface area contributed by atoms with Crippen LogP contribution in [0.3, 0.4) is 0 Å². The molecule has 0 bridgehead atoms. The van der Waals surface area contributed by atoms with Crippen LogP contribution < -0.4 is 10.6 Å². The molecule has 6 nitrogen and oxygen atoms in total. The largest absolute Gasteiger partial charge is 0.508 e. The van der Waals surface area contributed by atoms with Crippen LogP contribution in [0.5, 0.6) is 5.75 Å². The first kappa shape index (κ1) is 19.3. The Labute approximate surface area is 138 Å². The monoisotopic (exact) mass is 341 g/mol. The molecule has 1 unspecified atom stereocenters. The minimum atomic E-state index is -2.93. The first-order chi connectivity index (χ1) is 10.8. The van der Waals surface area contributed by atoms with E-state index >= 15 is 0 Å². The molecule has 0 saturated carbocycles. The summed E-state index contributed by atoms with van der Waals surface area (Å²) in [5.74, 6) is 1.12. The van der Waals surface area contributed by atoms with Crippen molar-refractivity contribution < 1.29 is 13.5 Å². The third-order valence-corrected chi connectivity index (χ3v) is 4.38. The third-order valence-electron chi connectivity index (χ3n) is 3.40. The molecule has 0 aliphatic heterocycles. The molecule has 0 aromatic heterocycles. The van der Waals surface area contributed by atoms with E-state index in [0.717, 1.165) is 19.4 Å². The van der Waals surface area contributed by atoms with E-state index in [-0.39, 0.29) is 17.5 Å². The number of phenolic OH excluding ortho intramolecular Hbond substituents is 1. The number of sulfone groups is 1. The molecule has 1 rings (SSSR count). The van der Waals surface area contributed by atoms with Crippen molar-refractivity contribution in [3.05, 3.63) is 29.8 Å². The summed E-state index contributed by atoms with van der Waals surface area (Å²) in [5, 5.41) is 15.6. The maximum absolute atomic E-state index is 11.2. The maximum Gasteiger partial charge on any atom is 0.191 e. The van der Waals surface area contributed by atoms with Gasteiger partial charge in [-0.3, -0.25) is 4.99 Å². The van der Waals surface area contributed by atoms with E-state index in [1.54, 1.807) is 19.2 Å². The number of guanidine groups is 1. The fraction of sp³-hybridized carbons (Fsp3) is 0.562. The van der Waals surface area contributed by atoms with Gasteiger partial charge >= 0.3 is 0 Å². The molecular weight excluding hydrogens is 314 g/mol. The van der Waals surface area contributed by atoms with Crippen molar-refractivity contribution >= 4 is 15.8 Å². The minimum Gasteiger partial charge on any atom is -0.508 e. The van der Waals surface area contributed by atoms with Crippen LogP contribution in [0.15, 0.2) is 29.3 Å². The van der Waals surface area contributed by atoms with Crippen LogP contribution in [0, 0.1) is 0 Å². The topological polar surface area (TPSA) is 90.8 Å². The molecular formula is C16H27N3O3S. The third kappa shape index (κ3) is 9.07. The van der Waals surface area contributed by atoms with Crippen molar-refractivity contribution in [1.82, 2.24) is 10.6 Å². The van der Waals surface area contributed by atoms with Crippen LogP contribution in [0.1, 0.15) is 25.3 Å². The Morgan fingerprint density at radius 3 is 2.52 bits per heavy atom. The van der Waals surface area contributed by atoms with Crippen LogP contribution in [-0.2, 0) is 16.3 Å². The Hall–Kier alpha value is -1.76. The summed E-state index contributed by atoms with van der Waals surface area (Å²) in [6, 6.07) is 7.23. The van der Waals surface area contributed by atoms with E-state index in [1.165, 1.54) is 11.8 Å². The zero-order chi connectivity index (χ0) is 17.3. The molecule has 3 N–H and O–H groups in total. The molecule has 0 radical (unpaired) electrons. The Morgan fingerprint density at radius 2 is 1.96 bits per heavy atom. The van der Waals surface area contributed by atoms with E-state index in [9.17, 15) is 13.5 Å². The van der Waals surface area contributed by atoms with Gasteiger partial charge in [0.25, 0.3) is 0 Å². The molecule has 0 amide bonds. The van der Waals surface area contributed by atoms with Gasteiger partial charge in [-0.1, -0.05) is 12.1 Å². The number of aliphatic imine (C=N–C) groups is 1. The first-order valence-electron chi connectivity index (χ1n) is 7.73. The van der Waals surface area contributed by atoms with E-state index < -0.39 is 9.84 Å². The highest BCUT2D eigenvalue weighted by atomic mass is 32.2. The van der Waals surface area contributed by atoms with Crippen molar-refractivity contribution in [3.8, 4) is 5.75 Å². The van der Waals surface area contributed by atoms with Gasteiger partial charge in [0.2, 0.25) is 0 Å². The van der Waals surface area contributed by atoms with E-state index in [4.69, 9.17) is 0 Å². The second kappa shape index (κ2) is 9.39. The number of benzene rings is 1. The average Bonchev–Trinajstić information content (AvgIpc) is 2.49. The minimum absolute atomic E-state index is 0.0352. The Balaban J connectivity index is 2.27. The summed E-state index contributed by atoms with van der Waals surface area (Å²) in [5.41, 5.74) is 1.18. The first-order valence-corrected chi connectivity index (χ1v) is 9.79. The molecule has 0 saturated heterocycles. The Morgan fingerprint density at radius 1 is 1.30 bits per heavy atom. The van der Waals surface area contributed by atoms with Gasteiger partial charge in [-0.05, 0) is 43.9 Å². The lowest BCUT2D eigenvalue weighted by Crippen LogP contribution is -2.43. The van der Waals surface area contributed by atoms with E-state index in [0.29, 0.717) is 12.4 Å². The van der Waals surface area contributed by atoms with Gasteiger partial charge in [-0.25, -0.2) is 8.42 Å². The number of nitrogens with zero attached hydrogens (tertiary/aromatic N) is 1. The van der Waals surface area contributed by atoms with E-state index in [2.05, 4.69) is 15.6 Å². The second-order valence-electron chi connectivity index (χ2n) is 5.73. The lowest BCUT2D eigenvalue weighted by molar-refractivity contribution is 0.475. The summed E-state index contributed by atoms with van der Waals surface area (Å²) in [6.45, 7) is 2.70. The highest BCUT2D eigenvalue weighted by Crippen LogP contribution is 2.10. The highest BCUT2D eigenvalue weighted by Gasteiger charge is 2.09. The molecule has 0 spiro atoms. The molecule has 1 atom stereocenters. The lowest BCUT2D eigenvalue weighted by Gasteiger charge is -2.17. The van der Waals surface area contributed by atoms with Gasteiger partial charge in [-0.15, -0.1) is 0 Å². The normalized spacial score (nSPS) is 13.6. The second-order valence-corrected chi connectivity index (χ2v) is 7.99. The zero-order valence-corrected chi connectivity index (χ0v) is 14.9. The molecule has 0 aliphatic rings. The number of hydrogen-bond donors (Lipinski definition) is 3. The summed E-state index contributed by atoms with van der Waals surface area (Å²) < 4.78 is 22.3. The highest BCUT2D eigenvalue weighted by molar-refractivity contribution is 7.90. The fourth-order valence-corrected chi connectivity index (χ4v) is 2.83. The number of phenols is 1. The summed E-state index contributed by atoms with van der Waals surface area (Å²) in [7, 11) is -1.24. The van der Waals surface area contributed by atoms with Gasteiger partial charge in [-0.2, -0.15) is 0 Å². The quantitative estimate of drug-likeness (QED) is 0.377. The van der Waals surface area contributed by atoms with Crippen molar-refractivity contribution in [2.75, 3.05) is 25.6 Å². The van der Waals surface area contributed by atoms with Crippen molar-refractivity contribution in [3.63, 3.8) is 0 Å². The van der Waals surface area contributed by atoms with Crippen molar-refractivity contribution in [2.24, 2.45) is 4.99 Å². The van der Waals surface area contributed by atoms with Crippen LogP contribution in [0.4, 0.5) is 0 Å². The fourth-order valence-electron chi connectivity index (χ4n) is 2.05.